The molecule has 100 valence electrons. The van der Waals surface area contributed by atoms with Crippen molar-refractivity contribution in [2.24, 2.45) is 0 Å². The zero-order chi connectivity index (χ0) is 13.2. The Balaban J connectivity index is 2.20. The Morgan fingerprint density at radius 2 is 1.67 bits per heavy atom. The summed E-state index contributed by atoms with van der Waals surface area (Å²) in [7, 11) is 0. The molecule has 0 bridgehead atoms. The van der Waals surface area contributed by atoms with Crippen molar-refractivity contribution in [3.8, 4) is 5.75 Å². The minimum absolute atomic E-state index is 0.439. The molecule has 0 radical (unpaired) electrons. The molecule has 0 unspecified atom stereocenters. The molecule has 6 heteroatoms. The average Bonchev–Trinajstić information content (AvgIpc) is 2.27. The number of halogens is 4. The van der Waals surface area contributed by atoms with Gasteiger partial charge in [0.15, 0.2) is 0 Å². The van der Waals surface area contributed by atoms with Crippen molar-refractivity contribution in [2.45, 2.75) is 25.6 Å². The van der Waals surface area contributed by atoms with Gasteiger partial charge in [-0.25, -0.2) is 4.39 Å². The van der Waals surface area contributed by atoms with Gasteiger partial charge in [-0.15, -0.1) is 13.2 Å². The molecule has 0 saturated carbocycles. The van der Waals surface area contributed by atoms with E-state index in [1.165, 1.54) is 12.1 Å². The minimum atomic E-state index is -4.80. The second-order valence-electron chi connectivity index (χ2n) is 4.24. The average molecular weight is 263 g/mol. The fraction of sp³-hybridized carbons (Fsp3) is 0.500. The standard InChI is InChI=1S/C12H13F4NO/c13-9-6-10(17-4-2-1-3-5-17)8-11(7-9)18-12(14,15)16/h6-8H,1-5H2. The fourth-order valence-electron chi connectivity index (χ4n) is 2.08. The summed E-state index contributed by atoms with van der Waals surface area (Å²) in [4.78, 5) is 1.87. The molecule has 0 aromatic heterocycles. The van der Waals surface area contributed by atoms with Gasteiger partial charge in [0, 0.05) is 30.9 Å². The number of piperidine rings is 1. The van der Waals surface area contributed by atoms with Crippen molar-refractivity contribution >= 4 is 5.69 Å². The van der Waals surface area contributed by atoms with Gasteiger partial charge >= 0.3 is 6.36 Å². The van der Waals surface area contributed by atoms with Crippen molar-refractivity contribution in [3.05, 3.63) is 24.0 Å². The molecular formula is C12H13F4NO. The largest absolute Gasteiger partial charge is 0.573 e. The highest BCUT2D eigenvalue weighted by molar-refractivity contribution is 5.51. The molecule has 1 heterocycles. The number of anilines is 1. The van der Waals surface area contributed by atoms with Crippen LogP contribution in [0, 0.1) is 5.82 Å². The summed E-state index contributed by atoms with van der Waals surface area (Å²) in [6.07, 6.45) is -1.78. The molecule has 1 aliphatic heterocycles. The smallest absolute Gasteiger partial charge is 0.406 e. The Morgan fingerprint density at radius 3 is 2.28 bits per heavy atom. The molecule has 0 atom stereocenters. The third-order valence-electron chi connectivity index (χ3n) is 2.81. The summed E-state index contributed by atoms with van der Waals surface area (Å²) in [5.41, 5.74) is 0.439. The number of rotatable bonds is 2. The quantitative estimate of drug-likeness (QED) is 0.754. The lowest BCUT2D eigenvalue weighted by atomic mass is 10.1. The fourth-order valence-corrected chi connectivity index (χ4v) is 2.08. The van der Waals surface area contributed by atoms with Crippen molar-refractivity contribution in [3.63, 3.8) is 0 Å². The van der Waals surface area contributed by atoms with Crippen LogP contribution in [-0.4, -0.2) is 19.5 Å². The van der Waals surface area contributed by atoms with Gasteiger partial charge in [-0.2, -0.15) is 0 Å². The monoisotopic (exact) mass is 263 g/mol. The van der Waals surface area contributed by atoms with Gasteiger partial charge in [0.1, 0.15) is 11.6 Å². The van der Waals surface area contributed by atoms with E-state index in [1.807, 2.05) is 4.90 Å². The molecule has 0 N–H and O–H groups in total. The molecule has 18 heavy (non-hydrogen) atoms. The number of alkyl halides is 3. The number of ether oxygens (including phenoxy) is 1. The van der Waals surface area contributed by atoms with Crippen molar-refractivity contribution in [2.75, 3.05) is 18.0 Å². The molecular weight excluding hydrogens is 250 g/mol. The van der Waals surface area contributed by atoms with Crippen LogP contribution in [0.5, 0.6) is 5.75 Å². The molecule has 2 rings (SSSR count). The minimum Gasteiger partial charge on any atom is -0.406 e. The first-order valence-electron chi connectivity index (χ1n) is 5.75. The topological polar surface area (TPSA) is 12.5 Å². The Morgan fingerprint density at radius 1 is 1.00 bits per heavy atom. The summed E-state index contributed by atoms with van der Waals surface area (Å²) in [6, 6.07) is 3.19. The maximum absolute atomic E-state index is 13.3. The van der Waals surface area contributed by atoms with Crippen molar-refractivity contribution in [1.29, 1.82) is 0 Å². The molecule has 0 amide bonds. The Bertz CT molecular complexity index is 413. The van der Waals surface area contributed by atoms with Gasteiger partial charge in [-0.3, -0.25) is 0 Å². The summed E-state index contributed by atoms with van der Waals surface area (Å²) < 4.78 is 53.3. The summed E-state index contributed by atoms with van der Waals surface area (Å²) in [5.74, 6) is -1.24. The number of hydrogen-bond donors (Lipinski definition) is 0. The van der Waals surface area contributed by atoms with Crippen LogP contribution in [0.15, 0.2) is 18.2 Å². The molecule has 0 aliphatic carbocycles. The summed E-state index contributed by atoms with van der Waals surface area (Å²) >= 11 is 0. The Kier molecular flexibility index (Phi) is 3.63. The molecule has 1 aromatic rings. The maximum atomic E-state index is 13.3. The molecule has 1 fully saturated rings. The summed E-state index contributed by atoms with van der Waals surface area (Å²) in [6.45, 7) is 1.46. The van der Waals surface area contributed by atoms with E-state index in [1.54, 1.807) is 0 Å². The number of hydrogen-bond acceptors (Lipinski definition) is 2. The Labute approximate surface area is 102 Å². The third-order valence-corrected chi connectivity index (χ3v) is 2.81. The van der Waals surface area contributed by atoms with Gasteiger partial charge in [0.25, 0.3) is 0 Å². The maximum Gasteiger partial charge on any atom is 0.573 e. The third kappa shape index (κ3) is 3.51. The normalized spacial score (nSPS) is 16.8. The van der Waals surface area contributed by atoms with E-state index in [2.05, 4.69) is 4.74 Å². The lowest BCUT2D eigenvalue weighted by Gasteiger charge is -2.29. The van der Waals surface area contributed by atoms with Crippen LogP contribution in [-0.2, 0) is 0 Å². The first-order valence-corrected chi connectivity index (χ1v) is 5.75. The highest BCUT2D eigenvalue weighted by atomic mass is 19.4. The van der Waals surface area contributed by atoms with E-state index >= 15 is 0 Å². The first kappa shape index (κ1) is 13.0. The van der Waals surface area contributed by atoms with Gasteiger partial charge in [-0.05, 0) is 25.3 Å². The van der Waals surface area contributed by atoms with Crippen molar-refractivity contribution in [1.82, 2.24) is 0 Å². The summed E-state index contributed by atoms with van der Waals surface area (Å²) in [5, 5.41) is 0. The molecule has 1 aromatic carbocycles. The molecule has 2 nitrogen and oxygen atoms in total. The van der Waals surface area contributed by atoms with E-state index in [0.717, 1.165) is 38.4 Å². The van der Waals surface area contributed by atoms with E-state index in [4.69, 9.17) is 0 Å². The van der Waals surface area contributed by atoms with Crippen LogP contribution in [0.25, 0.3) is 0 Å². The van der Waals surface area contributed by atoms with E-state index in [0.29, 0.717) is 5.69 Å². The van der Waals surface area contributed by atoms with E-state index in [-0.39, 0.29) is 0 Å². The Hall–Kier alpha value is -1.46. The highest BCUT2D eigenvalue weighted by Crippen LogP contribution is 2.29. The van der Waals surface area contributed by atoms with Crippen molar-refractivity contribution < 1.29 is 22.3 Å². The van der Waals surface area contributed by atoms with Crippen LogP contribution in [0.2, 0.25) is 0 Å². The van der Waals surface area contributed by atoms with Crippen LogP contribution in [0.1, 0.15) is 19.3 Å². The van der Waals surface area contributed by atoms with Crippen LogP contribution in [0.4, 0.5) is 23.2 Å². The van der Waals surface area contributed by atoms with E-state index < -0.39 is 17.9 Å². The van der Waals surface area contributed by atoms with Crippen LogP contribution >= 0.6 is 0 Å². The highest BCUT2D eigenvalue weighted by Gasteiger charge is 2.31. The predicted molar refractivity (Wildman–Crippen MR) is 59.1 cm³/mol. The molecule has 0 spiro atoms. The van der Waals surface area contributed by atoms with Gasteiger partial charge in [0.05, 0.1) is 0 Å². The van der Waals surface area contributed by atoms with Gasteiger partial charge in [-0.1, -0.05) is 0 Å². The number of nitrogens with zero attached hydrogens (tertiary/aromatic N) is 1. The molecule has 1 saturated heterocycles. The lowest BCUT2D eigenvalue weighted by Crippen LogP contribution is -2.29. The molecule has 1 aliphatic rings. The second kappa shape index (κ2) is 5.04. The number of benzene rings is 1. The van der Waals surface area contributed by atoms with Crippen LogP contribution < -0.4 is 9.64 Å². The van der Waals surface area contributed by atoms with Gasteiger partial charge in [0.2, 0.25) is 0 Å². The second-order valence-corrected chi connectivity index (χ2v) is 4.24. The van der Waals surface area contributed by atoms with Gasteiger partial charge < -0.3 is 9.64 Å². The lowest BCUT2D eigenvalue weighted by molar-refractivity contribution is -0.274. The SMILES string of the molecule is Fc1cc(OC(F)(F)F)cc(N2CCCCC2)c1. The first-order chi connectivity index (χ1) is 8.44. The zero-order valence-electron chi connectivity index (χ0n) is 9.63. The zero-order valence-corrected chi connectivity index (χ0v) is 9.63. The van der Waals surface area contributed by atoms with Crippen LogP contribution in [0.3, 0.4) is 0 Å². The predicted octanol–water partition coefficient (Wildman–Crippen LogP) is 3.71. The van der Waals surface area contributed by atoms with E-state index in [9.17, 15) is 17.6 Å².